The number of rotatable bonds is 4. The third kappa shape index (κ3) is 4.83. The number of para-hydroxylation sites is 1. The van der Waals surface area contributed by atoms with Crippen LogP contribution in [0, 0.1) is 0 Å². The Labute approximate surface area is 287 Å². The minimum atomic E-state index is -0.00795. The van der Waals surface area contributed by atoms with Crippen molar-refractivity contribution in [1.82, 2.24) is 4.98 Å². The summed E-state index contributed by atoms with van der Waals surface area (Å²) in [4.78, 5) is 10.5. The zero-order chi connectivity index (χ0) is 32.4. The van der Waals surface area contributed by atoms with E-state index in [-0.39, 0.29) is 5.41 Å². The highest BCUT2D eigenvalue weighted by molar-refractivity contribution is 7.26. The Balaban J connectivity index is 1.21. The Kier molecular flexibility index (Phi) is 6.79. The molecule has 0 atom stereocenters. The quantitative estimate of drug-likeness (QED) is 0.137. The molecule has 0 radical (unpaired) electrons. The highest BCUT2D eigenvalue weighted by atomic mass is 32.1. The van der Waals surface area contributed by atoms with Crippen molar-refractivity contribution in [2.24, 2.45) is 4.99 Å². The van der Waals surface area contributed by atoms with Crippen LogP contribution in [0.2, 0.25) is 0 Å². The van der Waals surface area contributed by atoms with E-state index >= 15 is 0 Å². The SMILES string of the molecule is CC(C)(C)c1cc(-c2cccc3c2sc2ccccc23)c2nc(-c3ccccc3N=Cc3cc4ccccc4c4ccccc34)sc2c1. The van der Waals surface area contributed by atoms with E-state index < -0.39 is 0 Å². The maximum atomic E-state index is 5.40. The summed E-state index contributed by atoms with van der Waals surface area (Å²) in [6, 6.07) is 48.0. The van der Waals surface area contributed by atoms with Gasteiger partial charge in [0.05, 0.1) is 15.9 Å². The molecule has 4 heteroatoms. The van der Waals surface area contributed by atoms with Crippen LogP contribution in [0.5, 0.6) is 0 Å². The van der Waals surface area contributed by atoms with Crippen LogP contribution in [0.15, 0.2) is 138 Å². The van der Waals surface area contributed by atoms with Gasteiger partial charge >= 0.3 is 0 Å². The molecule has 2 nitrogen and oxygen atoms in total. The molecule has 7 aromatic carbocycles. The van der Waals surface area contributed by atoms with Gasteiger partial charge in [-0.1, -0.05) is 118 Å². The summed E-state index contributed by atoms with van der Waals surface area (Å²) in [6.45, 7) is 6.88. The first kappa shape index (κ1) is 29.0. The van der Waals surface area contributed by atoms with E-state index in [4.69, 9.17) is 9.98 Å². The number of benzene rings is 7. The second-order valence-electron chi connectivity index (χ2n) is 13.4. The van der Waals surface area contributed by atoms with Gasteiger partial charge in [0.1, 0.15) is 5.01 Å². The summed E-state index contributed by atoms with van der Waals surface area (Å²) in [5.41, 5.74) is 7.86. The molecule has 48 heavy (non-hydrogen) atoms. The van der Waals surface area contributed by atoms with Gasteiger partial charge in [-0.3, -0.25) is 4.99 Å². The van der Waals surface area contributed by atoms with Crippen molar-refractivity contribution in [2.75, 3.05) is 0 Å². The normalized spacial score (nSPS) is 12.4. The topological polar surface area (TPSA) is 25.2 Å². The van der Waals surface area contributed by atoms with Gasteiger partial charge in [-0.15, -0.1) is 22.7 Å². The van der Waals surface area contributed by atoms with Crippen LogP contribution in [0.1, 0.15) is 31.9 Å². The molecule has 0 aliphatic heterocycles. The zero-order valence-electron chi connectivity index (χ0n) is 27.0. The molecule has 0 spiro atoms. The average Bonchev–Trinajstić information content (AvgIpc) is 3.72. The fourth-order valence-corrected chi connectivity index (χ4v) is 9.13. The first-order valence-electron chi connectivity index (χ1n) is 16.3. The first-order valence-corrected chi connectivity index (χ1v) is 18.0. The fourth-order valence-electron chi connectivity index (χ4n) is 6.84. The number of hydrogen-bond acceptors (Lipinski definition) is 4. The predicted octanol–water partition coefficient (Wildman–Crippen LogP) is 13.4. The minimum Gasteiger partial charge on any atom is -0.256 e. The maximum absolute atomic E-state index is 5.40. The number of aromatic nitrogens is 1. The van der Waals surface area contributed by atoms with Gasteiger partial charge in [-0.25, -0.2) is 4.98 Å². The number of thiazole rings is 1. The first-order chi connectivity index (χ1) is 23.4. The van der Waals surface area contributed by atoms with Gasteiger partial charge in [-0.2, -0.15) is 0 Å². The predicted molar refractivity (Wildman–Crippen MR) is 211 cm³/mol. The van der Waals surface area contributed by atoms with E-state index in [1.807, 2.05) is 17.6 Å². The zero-order valence-corrected chi connectivity index (χ0v) is 28.6. The van der Waals surface area contributed by atoms with Crippen molar-refractivity contribution in [2.45, 2.75) is 26.2 Å². The summed E-state index contributed by atoms with van der Waals surface area (Å²) in [5, 5.41) is 8.52. The van der Waals surface area contributed by atoms with Gasteiger partial charge in [0.15, 0.2) is 0 Å². The monoisotopic (exact) mass is 652 g/mol. The number of aliphatic imine (C=N–C) groups is 1. The molecule has 0 saturated carbocycles. The van der Waals surface area contributed by atoms with Gasteiger partial charge in [-0.05, 0) is 68.9 Å². The molecule has 0 fully saturated rings. The highest BCUT2D eigenvalue weighted by Gasteiger charge is 2.22. The van der Waals surface area contributed by atoms with Crippen molar-refractivity contribution in [1.29, 1.82) is 0 Å². The lowest BCUT2D eigenvalue weighted by molar-refractivity contribution is 0.591. The van der Waals surface area contributed by atoms with Crippen LogP contribution >= 0.6 is 22.7 Å². The Morgan fingerprint density at radius 2 is 1.25 bits per heavy atom. The third-order valence-electron chi connectivity index (χ3n) is 9.33. The average molecular weight is 653 g/mol. The lowest BCUT2D eigenvalue weighted by Gasteiger charge is -2.20. The van der Waals surface area contributed by atoms with Gasteiger partial charge < -0.3 is 0 Å². The molecule has 0 bridgehead atoms. The van der Waals surface area contributed by atoms with Crippen molar-refractivity contribution >= 4 is 86.5 Å². The molecule has 0 aliphatic carbocycles. The van der Waals surface area contributed by atoms with Crippen LogP contribution in [-0.2, 0) is 5.41 Å². The lowest BCUT2D eigenvalue weighted by atomic mass is 9.85. The molecule has 230 valence electrons. The number of thiophene rings is 1. The van der Waals surface area contributed by atoms with Crippen LogP contribution in [-0.4, -0.2) is 11.2 Å². The Hall–Kier alpha value is -5.16. The van der Waals surface area contributed by atoms with Crippen LogP contribution in [0.25, 0.3) is 73.6 Å². The molecule has 2 heterocycles. The molecule has 2 aromatic heterocycles. The van der Waals surface area contributed by atoms with E-state index in [0.29, 0.717) is 0 Å². The molecule has 0 aliphatic rings. The standard InChI is InChI=1S/C44H32N2S2/c1-44(2,3)29-24-37(35-20-12-19-34-33-17-9-11-22-39(33)47-42(34)35)41-40(25-29)48-43(46-41)36-18-8-10-21-38(36)45-26-28-23-27-13-4-5-14-30(27)32-16-7-6-15-31(28)32/h4-26H,1-3H3. The van der Waals surface area contributed by atoms with E-state index in [1.165, 1.54) is 63.1 Å². The number of hydrogen-bond donors (Lipinski definition) is 0. The fraction of sp³-hybridized carbons (Fsp3) is 0.0909. The molecular weight excluding hydrogens is 621 g/mol. The molecule has 0 saturated heterocycles. The van der Waals surface area contributed by atoms with Crippen LogP contribution in [0.3, 0.4) is 0 Å². The summed E-state index contributed by atoms with van der Waals surface area (Å²) in [6.07, 6.45) is 2.02. The van der Waals surface area contributed by atoms with Crippen molar-refractivity contribution < 1.29 is 0 Å². The van der Waals surface area contributed by atoms with Gasteiger partial charge in [0, 0.05) is 48.6 Å². The van der Waals surface area contributed by atoms with Gasteiger partial charge in [0.25, 0.3) is 0 Å². The number of fused-ring (bicyclic) bond motifs is 7. The van der Waals surface area contributed by atoms with E-state index in [2.05, 4.69) is 154 Å². The van der Waals surface area contributed by atoms with Crippen molar-refractivity contribution in [3.05, 3.63) is 145 Å². The van der Waals surface area contributed by atoms with Crippen LogP contribution in [0.4, 0.5) is 5.69 Å². The van der Waals surface area contributed by atoms with E-state index in [9.17, 15) is 0 Å². The second kappa shape index (κ2) is 11.2. The number of nitrogens with zero attached hydrogens (tertiary/aromatic N) is 2. The lowest BCUT2D eigenvalue weighted by Crippen LogP contribution is -2.11. The minimum absolute atomic E-state index is 0.00795. The molecular formula is C44H32N2S2. The molecule has 9 rings (SSSR count). The Morgan fingerprint density at radius 3 is 2.10 bits per heavy atom. The highest BCUT2D eigenvalue weighted by Crippen LogP contribution is 2.45. The van der Waals surface area contributed by atoms with E-state index in [1.54, 1.807) is 11.3 Å². The summed E-state index contributed by atoms with van der Waals surface area (Å²) in [7, 11) is 0. The smallest absolute Gasteiger partial charge is 0.126 e. The van der Waals surface area contributed by atoms with Crippen molar-refractivity contribution in [3.8, 4) is 21.7 Å². The summed E-state index contributed by atoms with van der Waals surface area (Å²) < 4.78 is 3.83. The van der Waals surface area contributed by atoms with Crippen molar-refractivity contribution in [3.63, 3.8) is 0 Å². The Morgan fingerprint density at radius 1 is 0.562 bits per heavy atom. The largest absolute Gasteiger partial charge is 0.256 e. The second-order valence-corrected chi connectivity index (χ2v) is 15.5. The third-order valence-corrected chi connectivity index (χ3v) is 11.6. The van der Waals surface area contributed by atoms with E-state index in [0.717, 1.165) is 27.3 Å². The maximum Gasteiger partial charge on any atom is 0.126 e. The van der Waals surface area contributed by atoms with Crippen LogP contribution < -0.4 is 0 Å². The molecule has 0 N–H and O–H groups in total. The molecule has 0 unspecified atom stereocenters. The molecule has 9 aromatic rings. The summed E-state index contributed by atoms with van der Waals surface area (Å²) >= 11 is 3.63. The summed E-state index contributed by atoms with van der Waals surface area (Å²) in [5.74, 6) is 0. The van der Waals surface area contributed by atoms with Gasteiger partial charge in [0.2, 0.25) is 0 Å². The molecule has 0 amide bonds. The Bertz CT molecular complexity index is 2720.